The Bertz CT molecular complexity index is 810. The Balaban J connectivity index is 1.74. The quantitative estimate of drug-likeness (QED) is 0.781. The van der Waals surface area contributed by atoms with Crippen LogP contribution in [-0.2, 0) is 11.2 Å². The van der Waals surface area contributed by atoms with E-state index >= 15 is 0 Å². The molecule has 0 saturated carbocycles. The van der Waals surface area contributed by atoms with Gasteiger partial charge in [-0.3, -0.25) is 4.79 Å². The van der Waals surface area contributed by atoms with E-state index in [0.717, 1.165) is 29.2 Å². The molecule has 0 radical (unpaired) electrons. The lowest BCUT2D eigenvalue weighted by Crippen LogP contribution is -2.32. The highest BCUT2D eigenvalue weighted by molar-refractivity contribution is 6.30. The first-order chi connectivity index (χ1) is 12.5. The zero-order valence-corrected chi connectivity index (χ0v) is 15.9. The van der Waals surface area contributed by atoms with Gasteiger partial charge in [0.05, 0.1) is 12.3 Å². The van der Waals surface area contributed by atoms with Crippen LogP contribution in [0.25, 0.3) is 0 Å². The van der Waals surface area contributed by atoms with Gasteiger partial charge in [0.15, 0.2) is 0 Å². The number of amides is 1. The lowest BCUT2D eigenvalue weighted by Gasteiger charge is -2.19. The molecule has 2 aromatic carbocycles. The fourth-order valence-electron chi connectivity index (χ4n) is 2.94. The van der Waals surface area contributed by atoms with Crippen molar-refractivity contribution in [3.63, 3.8) is 0 Å². The molecular formula is C20H23ClN2O3. The van der Waals surface area contributed by atoms with Crippen LogP contribution in [0, 0.1) is 0 Å². The van der Waals surface area contributed by atoms with Crippen LogP contribution in [0.15, 0.2) is 36.4 Å². The summed E-state index contributed by atoms with van der Waals surface area (Å²) in [4.78, 5) is 12.5. The normalized spacial score (nSPS) is 16.4. The second kappa shape index (κ2) is 7.87. The standard InChI is InChI=1S/C20H23ClN2O3/c1-4-25-19-9-14-8-12(2)26-18(14)11-17(19)22-13(3)20(24)23-16-7-5-6-15(21)10-16/h5-7,9-13,22H,4,8H2,1-3H3,(H,23,24)/t12-,13-/m0/s1. The molecule has 0 fully saturated rings. The Hall–Kier alpha value is -2.40. The molecule has 2 N–H and O–H groups in total. The Labute approximate surface area is 158 Å². The Morgan fingerprint density at radius 3 is 2.92 bits per heavy atom. The second-order valence-electron chi connectivity index (χ2n) is 6.39. The third-order valence-electron chi connectivity index (χ3n) is 4.16. The summed E-state index contributed by atoms with van der Waals surface area (Å²) in [6.45, 7) is 6.32. The molecule has 1 amide bonds. The number of fused-ring (bicyclic) bond motifs is 1. The molecule has 26 heavy (non-hydrogen) atoms. The number of hydrogen-bond donors (Lipinski definition) is 2. The van der Waals surface area contributed by atoms with E-state index in [2.05, 4.69) is 10.6 Å². The molecule has 0 aromatic heterocycles. The molecule has 0 aliphatic carbocycles. The topological polar surface area (TPSA) is 59.6 Å². The minimum absolute atomic E-state index is 0.151. The lowest BCUT2D eigenvalue weighted by atomic mass is 10.1. The average Bonchev–Trinajstić information content (AvgIpc) is 2.94. The van der Waals surface area contributed by atoms with Crippen LogP contribution in [0.3, 0.4) is 0 Å². The number of rotatable bonds is 6. The molecule has 0 unspecified atom stereocenters. The summed E-state index contributed by atoms with van der Waals surface area (Å²) in [5.41, 5.74) is 2.53. The van der Waals surface area contributed by atoms with Crippen LogP contribution in [-0.4, -0.2) is 24.7 Å². The number of carbonyl (C=O) groups excluding carboxylic acids is 1. The summed E-state index contributed by atoms with van der Waals surface area (Å²) >= 11 is 5.96. The van der Waals surface area contributed by atoms with Crippen LogP contribution in [0.4, 0.5) is 11.4 Å². The molecular weight excluding hydrogens is 352 g/mol. The number of carbonyl (C=O) groups is 1. The molecule has 6 heteroatoms. The molecule has 1 aliphatic rings. The molecule has 0 spiro atoms. The van der Waals surface area contributed by atoms with Crippen molar-refractivity contribution < 1.29 is 14.3 Å². The monoisotopic (exact) mass is 374 g/mol. The Morgan fingerprint density at radius 1 is 1.38 bits per heavy atom. The number of halogens is 1. The first-order valence-corrected chi connectivity index (χ1v) is 9.13. The minimum atomic E-state index is -0.468. The van der Waals surface area contributed by atoms with Crippen molar-refractivity contribution in [2.75, 3.05) is 17.2 Å². The molecule has 138 valence electrons. The van der Waals surface area contributed by atoms with E-state index in [9.17, 15) is 4.79 Å². The zero-order valence-electron chi connectivity index (χ0n) is 15.1. The van der Waals surface area contributed by atoms with Crippen LogP contribution < -0.4 is 20.1 Å². The van der Waals surface area contributed by atoms with E-state index in [1.54, 1.807) is 31.2 Å². The third-order valence-corrected chi connectivity index (χ3v) is 4.39. The summed E-state index contributed by atoms with van der Waals surface area (Å²) in [5.74, 6) is 1.40. The number of hydrogen-bond acceptors (Lipinski definition) is 4. The Kier molecular flexibility index (Phi) is 5.57. The maximum Gasteiger partial charge on any atom is 0.246 e. The van der Waals surface area contributed by atoms with Gasteiger partial charge in [-0.1, -0.05) is 17.7 Å². The van der Waals surface area contributed by atoms with Crippen molar-refractivity contribution in [2.24, 2.45) is 0 Å². The summed E-state index contributed by atoms with van der Waals surface area (Å²) in [7, 11) is 0. The zero-order chi connectivity index (χ0) is 18.7. The van der Waals surface area contributed by atoms with Crippen LogP contribution in [0.5, 0.6) is 11.5 Å². The highest BCUT2D eigenvalue weighted by Gasteiger charge is 2.23. The van der Waals surface area contributed by atoms with Gasteiger partial charge >= 0.3 is 0 Å². The number of anilines is 2. The SMILES string of the molecule is CCOc1cc2c(cc1N[C@@H](C)C(=O)Nc1cccc(Cl)c1)O[C@@H](C)C2. The maximum atomic E-state index is 12.5. The highest BCUT2D eigenvalue weighted by Crippen LogP contribution is 2.38. The molecule has 2 aromatic rings. The summed E-state index contributed by atoms with van der Waals surface area (Å²) in [5, 5.41) is 6.66. The molecule has 3 rings (SSSR count). The third kappa shape index (κ3) is 4.22. The van der Waals surface area contributed by atoms with Crippen LogP contribution >= 0.6 is 11.6 Å². The largest absolute Gasteiger partial charge is 0.492 e. The van der Waals surface area contributed by atoms with Crippen molar-refractivity contribution in [1.82, 2.24) is 0 Å². The van der Waals surface area contributed by atoms with Gasteiger partial charge in [0, 0.05) is 28.8 Å². The summed E-state index contributed by atoms with van der Waals surface area (Å²) in [6, 6.07) is 10.5. The van der Waals surface area contributed by atoms with E-state index in [1.807, 2.05) is 26.0 Å². The van der Waals surface area contributed by atoms with Gasteiger partial charge in [-0.2, -0.15) is 0 Å². The smallest absolute Gasteiger partial charge is 0.246 e. The Morgan fingerprint density at radius 2 is 2.19 bits per heavy atom. The first kappa shape index (κ1) is 18.4. The van der Waals surface area contributed by atoms with Gasteiger partial charge in [0.1, 0.15) is 23.6 Å². The molecule has 5 nitrogen and oxygen atoms in total. The van der Waals surface area contributed by atoms with Crippen molar-refractivity contribution in [2.45, 2.75) is 39.3 Å². The van der Waals surface area contributed by atoms with E-state index in [-0.39, 0.29) is 12.0 Å². The molecule has 2 atom stereocenters. The molecule has 0 saturated heterocycles. The fourth-order valence-corrected chi connectivity index (χ4v) is 3.13. The van der Waals surface area contributed by atoms with Gasteiger partial charge in [0.25, 0.3) is 0 Å². The van der Waals surface area contributed by atoms with Gasteiger partial charge in [-0.05, 0) is 45.0 Å². The van der Waals surface area contributed by atoms with Gasteiger partial charge < -0.3 is 20.1 Å². The van der Waals surface area contributed by atoms with Gasteiger partial charge in [-0.15, -0.1) is 0 Å². The van der Waals surface area contributed by atoms with Crippen molar-refractivity contribution in [1.29, 1.82) is 0 Å². The van der Waals surface area contributed by atoms with E-state index in [0.29, 0.717) is 17.3 Å². The predicted octanol–water partition coefficient (Wildman–Crippen LogP) is 4.50. The highest BCUT2D eigenvalue weighted by atomic mass is 35.5. The average molecular weight is 375 g/mol. The first-order valence-electron chi connectivity index (χ1n) is 8.75. The van der Waals surface area contributed by atoms with E-state index in [1.165, 1.54) is 0 Å². The molecule has 0 bridgehead atoms. The van der Waals surface area contributed by atoms with Crippen molar-refractivity contribution >= 4 is 28.9 Å². The number of benzene rings is 2. The molecule has 1 aliphatic heterocycles. The minimum Gasteiger partial charge on any atom is -0.492 e. The van der Waals surface area contributed by atoms with Crippen molar-refractivity contribution in [3.8, 4) is 11.5 Å². The number of nitrogens with one attached hydrogen (secondary N) is 2. The van der Waals surface area contributed by atoms with Gasteiger partial charge in [0.2, 0.25) is 5.91 Å². The summed E-state index contributed by atoms with van der Waals surface area (Å²) < 4.78 is 11.6. The second-order valence-corrected chi connectivity index (χ2v) is 6.82. The van der Waals surface area contributed by atoms with Crippen LogP contribution in [0.2, 0.25) is 5.02 Å². The van der Waals surface area contributed by atoms with E-state index in [4.69, 9.17) is 21.1 Å². The predicted molar refractivity (Wildman–Crippen MR) is 105 cm³/mol. The van der Waals surface area contributed by atoms with Crippen molar-refractivity contribution in [3.05, 3.63) is 47.0 Å². The number of ether oxygens (including phenoxy) is 2. The van der Waals surface area contributed by atoms with Crippen LogP contribution in [0.1, 0.15) is 26.3 Å². The maximum absolute atomic E-state index is 12.5. The van der Waals surface area contributed by atoms with Gasteiger partial charge in [-0.25, -0.2) is 0 Å². The lowest BCUT2D eigenvalue weighted by molar-refractivity contribution is -0.116. The molecule has 1 heterocycles. The summed E-state index contributed by atoms with van der Waals surface area (Å²) in [6.07, 6.45) is 1.01. The fraction of sp³-hybridized carbons (Fsp3) is 0.350. The van der Waals surface area contributed by atoms with E-state index < -0.39 is 6.04 Å².